The third-order valence-electron chi connectivity index (χ3n) is 2.24. The van der Waals surface area contributed by atoms with Crippen molar-refractivity contribution >= 4 is 27.5 Å². The van der Waals surface area contributed by atoms with Crippen molar-refractivity contribution in [3.8, 4) is 0 Å². The highest BCUT2D eigenvalue weighted by molar-refractivity contribution is 9.10. The van der Waals surface area contributed by atoms with E-state index in [1.165, 1.54) is 0 Å². The van der Waals surface area contributed by atoms with Crippen LogP contribution in [0.3, 0.4) is 0 Å². The molecule has 0 saturated carbocycles. The molecule has 1 unspecified atom stereocenters. The predicted octanol–water partition coefficient (Wildman–Crippen LogP) is 2.76. The first-order chi connectivity index (χ1) is 6.77. The summed E-state index contributed by atoms with van der Waals surface area (Å²) in [5, 5.41) is 4.02. The van der Waals surface area contributed by atoms with Crippen molar-refractivity contribution < 1.29 is 4.74 Å². The molecule has 1 heterocycles. The normalized spacial score (nSPS) is 22.3. The van der Waals surface area contributed by atoms with E-state index in [0.717, 1.165) is 34.8 Å². The second kappa shape index (κ2) is 4.62. The van der Waals surface area contributed by atoms with Crippen LogP contribution in [0.5, 0.6) is 0 Å². The summed E-state index contributed by atoms with van der Waals surface area (Å²) in [5.74, 6) is 0. The Morgan fingerprint density at radius 3 is 3.00 bits per heavy atom. The zero-order chi connectivity index (χ0) is 9.97. The lowest BCUT2D eigenvalue weighted by molar-refractivity contribution is 0.0277. The Morgan fingerprint density at radius 2 is 2.36 bits per heavy atom. The standard InChI is InChI=1S/C10H11BrClNO/c11-8-2-1-7(5-9(8)12)10-6-13-3-4-14-10/h1-2,5,10,13H,3-4,6H2. The summed E-state index contributed by atoms with van der Waals surface area (Å²) < 4.78 is 6.55. The molecule has 76 valence electrons. The topological polar surface area (TPSA) is 21.3 Å². The third-order valence-corrected chi connectivity index (χ3v) is 3.48. The average Bonchev–Trinajstić information content (AvgIpc) is 2.23. The van der Waals surface area contributed by atoms with Gasteiger partial charge in [-0.2, -0.15) is 0 Å². The molecule has 0 spiro atoms. The summed E-state index contributed by atoms with van der Waals surface area (Å²) in [5.41, 5.74) is 1.13. The smallest absolute Gasteiger partial charge is 0.0950 e. The number of hydrogen-bond acceptors (Lipinski definition) is 2. The maximum absolute atomic E-state index is 6.01. The zero-order valence-electron chi connectivity index (χ0n) is 7.59. The number of halogens is 2. The van der Waals surface area contributed by atoms with Crippen molar-refractivity contribution in [3.63, 3.8) is 0 Å². The molecule has 4 heteroatoms. The highest BCUT2D eigenvalue weighted by atomic mass is 79.9. The van der Waals surface area contributed by atoms with Gasteiger partial charge in [-0.25, -0.2) is 0 Å². The fraction of sp³-hybridized carbons (Fsp3) is 0.400. The molecule has 0 aliphatic carbocycles. The van der Waals surface area contributed by atoms with Gasteiger partial charge in [0.05, 0.1) is 17.7 Å². The van der Waals surface area contributed by atoms with Crippen molar-refractivity contribution in [2.75, 3.05) is 19.7 Å². The Balaban J connectivity index is 2.18. The van der Waals surface area contributed by atoms with Crippen molar-refractivity contribution in [2.24, 2.45) is 0 Å². The number of ether oxygens (including phenoxy) is 1. The van der Waals surface area contributed by atoms with E-state index in [4.69, 9.17) is 16.3 Å². The maximum Gasteiger partial charge on any atom is 0.0950 e. The van der Waals surface area contributed by atoms with Crippen LogP contribution in [0.15, 0.2) is 22.7 Å². The lowest BCUT2D eigenvalue weighted by atomic mass is 10.1. The predicted molar refractivity (Wildman–Crippen MR) is 60.7 cm³/mol. The minimum Gasteiger partial charge on any atom is -0.371 e. The van der Waals surface area contributed by atoms with Gasteiger partial charge in [0.2, 0.25) is 0 Å². The lowest BCUT2D eigenvalue weighted by Gasteiger charge is -2.24. The summed E-state index contributed by atoms with van der Waals surface area (Å²) in [6.07, 6.45) is 0.134. The monoisotopic (exact) mass is 275 g/mol. The van der Waals surface area contributed by atoms with Crippen LogP contribution in [0.4, 0.5) is 0 Å². The van der Waals surface area contributed by atoms with E-state index < -0.39 is 0 Å². The molecular formula is C10H11BrClNO. The van der Waals surface area contributed by atoms with E-state index in [2.05, 4.69) is 21.2 Å². The van der Waals surface area contributed by atoms with E-state index in [-0.39, 0.29) is 6.10 Å². The van der Waals surface area contributed by atoms with Gasteiger partial charge in [-0.3, -0.25) is 0 Å². The van der Waals surface area contributed by atoms with Crippen LogP contribution in [-0.2, 0) is 4.74 Å². The van der Waals surface area contributed by atoms with E-state index in [1.807, 2.05) is 18.2 Å². The van der Waals surface area contributed by atoms with Gasteiger partial charge in [0.25, 0.3) is 0 Å². The van der Waals surface area contributed by atoms with Crippen LogP contribution in [0.2, 0.25) is 5.02 Å². The van der Waals surface area contributed by atoms with Gasteiger partial charge in [0.15, 0.2) is 0 Å². The Kier molecular flexibility index (Phi) is 3.44. The second-order valence-electron chi connectivity index (χ2n) is 3.24. The highest BCUT2D eigenvalue weighted by Gasteiger charge is 2.15. The Hall–Kier alpha value is -0.0900. The highest BCUT2D eigenvalue weighted by Crippen LogP contribution is 2.27. The fourth-order valence-corrected chi connectivity index (χ4v) is 1.93. The second-order valence-corrected chi connectivity index (χ2v) is 4.50. The summed E-state index contributed by atoms with van der Waals surface area (Å²) in [6, 6.07) is 5.94. The van der Waals surface area contributed by atoms with Crippen LogP contribution in [-0.4, -0.2) is 19.7 Å². The van der Waals surface area contributed by atoms with Gasteiger partial charge in [0.1, 0.15) is 0 Å². The maximum atomic E-state index is 6.01. The van der Waals surface area contributed by atoms with Gasteiger partial charge in [-0.15, -0.1) is 0 Å². The van der Waals surface area contributed by atoms with E-state index in [0.29, 0.717) is 0 Å². The number of benzene rings is 1. The van der Waals surface area contributed by atoms with Gasteiger partial charge in [-0.1, -0.05) is 17.7 Å². The molecule has 0 amide bonds. The molecular weight excluding hydrogens is 265 g/mol. The number of hydrogen-bond donors (Lipinski definition) is 1. The molecule has 1 N–H and O–H groups in total. The minimum absolute atomic E-state index is 0.134. The molecule has 0 bridgehead atoms. The summed E-state index contributed by atoms with van der Waals surface area (Å²) in [6.45, 7) is 2.55. The molecule has 2 rings (SSSR count). The van der Waals surface area contributed by atoms with Crippen LogP contribution in [0.1, 0.15) is 11.7 Å². The molecule has 0 aromatic heterocycles. The van der Waals surface area contributed by atoms with Gasteiger partial charge < -0.3 is 10.1 Å². The first kappa shape index (κ1) is 10.4. The van der Waals surface area contributed by atoms with Crippen LogP contribution < -0.4 is 5.32 Å². The molecule has 2 nitrogen and oxygen atoms in total. The quantitative estimate of drug-likeness (QED) is 0.852. The van der Waals surface area contributed by atoms with Crippen molar-refractivity contribution in [3.05, 3.63) is 33.3 Å². The third kappa shape index (κ3) is 2.28. The van der Waals surface area contributed by atoms with Gasteiger partial charge in [0, 0.05) is 17.6 Å². The van der Waals surface area contributed by atoms with Gasteiger partial charge in [-0.05, 0) is 33.6 Å². The zero-order valence-corrected chi connectivity index (χ0v) is 9.94. The Morgan fingerprint density at radius 1 is 1.50 bits per heavy atom. The Bertz CT molecular complexity index is 326. The number of rotatable bonds is 1. The molecule has 1 fully saturated rings. The molecule has 1 saturated heterocycles. The minimum atomic E-state index is 0.134. The molecule has 0 radical (unpaired) electrons. The summed E-state index contributed by atoms with van der Waals surface area (Å²) in [7, 11) is 0. The SMILES string of the molecule is Clc1cc(C2CNCCO2)ccc1Br. The number of morpholine rings is 1. The molecule has 1 aromatic carbocycles. The van der Waals surface area contributed by atoms with Gasteiger partial charge >= 0.3 is 0 Å². The van der Waals surface area contributed by atoms with E-state index in [1.54, 1.807) is 0 Å². The fourth-order valence-electron chi connectivity index (χ4n) is 1.49. The van der Waals surface area contributed by atoms with E-state index >= 15 is 0 Å². The molecule has 14 heavy (non-hydrogen) atoms. The summed E-state index contributed by atoms with van der Waals surface area (Å²) in [4.78, 5) is 0. The van der Waals surface area contributed by atoms with Crippen molar-refractivity contribution in [2.45, 2.75) is 6.10 Å². The van der Waals surface area contributed by atoms with Crippen molar-refractivity contribution in [1.29, 1.82) is 0 Å². The molecule has 1 aromatic rings. The first-order valence-corrected chi connectivity index (χ1v) is 5.72. The van der Waals surface area contributed by atoms with Crippen LogP contribution in [0, 0.1) is 0 Å². The first-order valence-electron chi connectivity index (χ1n) is 4.54. The largest absolute Gasteiger partial charge is 0.371 e. The molecule has 1 aliphatic heterocycles. The Labute approximate surface area is 96.7 Å². The molecule has 1 atom stereocenters. The number of nitrogens with one attached hydrogen (secondary N) is 1. The van der Waals surface area contributed by atoms with E-state index in [9.17, 15) is 0 Å². The summed E-state index contributed by atoms with van der Waals surface area (Å²) >= 11 is 9.38. The van der Waals surface area contributed by atoms with Crippen LogP contribution in [0.25, 0.3) is 0 Å². The van der Waals surface area contributed by atoms with Crippen LogP contribution >= 0.6 is 27.5 Å². The van der Waals surface area contributed by atoms with Crippen molar-refractivity contribution in [1.82, 2.24) is 5.32 Å². The lowest BCUT2D eigenvalue weighted by Crippen LogP contribution is -2.33. The average molecular weight is 277 g/mol. The molecule has 1 aliphatic rings.